The molecule has 8 atom stereocenters. The van der Waals surface area contributed by atoms with Gasteiger partial charge in [0.2, 0.25) is 0 Å². The van der Waals surface area contributed by atoms with E-state index in [9.17, 15) is 0 Å². The van der Waals surface area contributed by atoms with E-state index in [4.69, 9.17) is 37.9 Å². The predicted octanol–water partition coefficient (Wildman–Crippen LogP) is 6.99. The van der Waals surface area contributed by atoms with Gasteiger partial charge >= 0.3 is 0 Å². The molecule has 290 valence electrons. The minimum Gasteiger partial charge on any atom is -0.368 e. The van der Waals surface area contributed by atoms with E-state index in [0.29, 0.717) is 13.2 Å². The van der Waals surface area contributed by atoms with Crippen molar-refractivity contribution < 1.29 is 37.9 Å². The summed E-state index contributed by atoms with van der Waals surface area (Å²) in [5.74, 6) is -1.31. The van der Waals surface area contributed by atoms with E-state index in [1.807, 2.05) is 64.1 Å². The number of rotatable bonds is 23. The Bertz CT molecular complexity index is 1200. The molecule has 4 heterocycles. The van der Waals surface area contributed by atoms with Gasteiger partial charge in [0.05, 0.1) is 13.2 Å². The van der Waals surface area contributed by atoms with Gasteiger partial charge in [0.1, 0.15) is 36.6 Å². The van der Waals surface area contributed by atoms with E-state index >= 15 is 0 Å². The van der Waals surface area contributed by atoms with Gasteiger partial charge in [0, 0.05) is 13.1 Å². The topological polar surface area (TPSA) is 97.9 Å². The van der Waals surface area contributed by atoms with Crippen molar-refractivity contribution in [2.45, 2.75) is 166 Å². The number of benzene rings is 2. The van der Waals surface area contributed by atoms with Crippen LogP contribution in [0, 0.1) is 0 Å². The van der Waals surface area contributed by atoms with Gasteiger partial charge in [-0.3, -0.25) is 0 Å². The third-order valence-electron chi connectivity index (χ3n) is 10.4. The second-order valence-electron chi connectivity index (χ2n) is 15.8. The van der Waals surface area contributed by atoms with Crippen LogP contribution in [0.3, 0.4) is 0 Å². The molecule has 10 nitrogen and oxygen atoms in total. The summed E-state index contributed by atoms with van der Waals surface area (Å²) in [5.41, 5.74) is 2.29. The lowest BCUT2D eigenvalue weighted by Crippen LogP contribution is -2.41. The highest BCUT2D eigenvalue weighted by Gasteiger charge is 2.56. The lowest BCUT2D eigenvalue weighted by molar-refractivity contribution is -0.218. The van der Waals surface area contributed by atoms with E-state index in [1.165, 1.54) is 64.2 Å². The van der Waals surface area contributed by atoms with Crippen molar-refractivity contribution in [3.63, 3.8) is 0 Å². The molecular weight excluding hydrogens is 660 g/mol. The van der Waals surface area contributed by atoms with E-state index in [0.717, 1.165) is 37.3 Å². The van der Waals surface area contributed by atoms with Crippen molar-refractivity contribution in [2.24, 2.45) is 0 Å². The minimum atomic E-state index is -0.653. The minimum absolute atomic E-state index is 0.0956. The lowest BCUT2D eigenvalue weighted by atomic mass is 10.1. The molecule has 10 heteroatoms. The first-order chi connectivity index (χ1) is 25.3. The van der Waals surface area contributed by atoms with Gasteiger partial charge in [-0.1, -0.05) is 112 Å². The summed E-state index contributed by atoms with van der Waals surface area (Å²) in [4.78, 5) is 0. The number of fused-ring (bicyclic) bond motifs is 2. The SMILES string of the molecule is CC1(C)O[C@@H]2O[C@@H](CNCCCCCCCCCCCCNC[C@H]3O[C@@H]4OC(C)(C)O[C@@H]4[C@H]3OCc3ccccc3)[C@@H](OCc3ccccc3)[C@@H]2O1. The maximum Gasteiger partial charge on any atom is 0.190 e. The van der Waals surface area contributed by atoms with Gasteiger partial charge in [-0.25, -0.2) is 0 Å². The zero-order valence-corrected chi connectivity index (χ0v) is 32.0. The quantitative estimate of drug-likeness (QED) is 0.117. The van der Waals surface area contributed by atoms with Crippen molar-refractivity contribution in [3.8, 4) is 0 Å². The largest absolute Gasteiger partial charge is 0.368 e. The molecule has 4 aliphatic heterocycles. The Morgan fingerprint density at radius 3 is 1.25 bits per heavy atom. The summed E-state index contributed by atoms with van der Waals surface area (Å²) in [6.45, 7) is 12.2. The van der Waals surface area contributed by atoms with Crippen LogP contribution >= 0.6 is 0 Å². The van der Waals surface area contributed by atoms with E-state index in [1.54, 1.807) is 0 Å². The molecule has 2 aromatic carbocycles. The highest BCUT2D eigenvalue weighted by molar-refractivity contribution is 5.14. The molecule has 0 unspecified atom stereocenters. The number of nitrogens with one attached hydrogen (secondary N) is 2. The molecule has 0 radical (unpaired) electrons. The maximum absolute atomic E-state index is 6.35. The molecule has 2 N–H and O–H groups in total. The van der Waals surface area contributed by atoms with Crippen LogP contribution in [0.4, 0.5) is 0 Å². The van der Waals surface area contributed by atoms with Crippen LogP contribution in [0.5, 0.6) is 0 Å². The predicted molar refractivity (Wildman–Crippen MR) is 199 cm³/mol. The first-order valence-electron chi connectivity index (χ1n) is 20.0. The Balaban J connectivity index is 0.754. The Kier molecular flexibility index (Phi) is 15.0. The molecule has 52 heavy (non-hydrogen) atoms. The van der Waals surface area contributed by atoms with E-state index < -0.39 is 11.6 Å². The van der Waals surface area contributed by atoms with Gasteiger partial charge in [0.25, 0.3) is 0 Å². The van der Waals surface area contributed by atoms with Gasteiger partial charge in [0.15, 0.2) is 24.2 Å². The Hall–Kier alpha value is -1.96. The van der Waals surface area contributed by atoms with Gasteiger partial charge in [-0.2, -0.15) is 0 Å². The monoisotopic (exact) mass is 724 g/mol. The molecule has 0 amide bonds. The summed E-state index contributed by atoms with van der Waals surface area (Å²) in [6, 6.07) is 20.5. The number of hydrogen-bond donors (Lipinski definition) is 2. The standard InChI is InChI=1S/C42H64N2O8/c1-41(2)49-37-35(45-29-31-21-15-13-16-22-31)33(47-39(37)51-41)27-43-25-19-11-9-7-5-6-8-10-12-20-26-44-28-34-36(46-30-32-23-17-14-18-24-32)38-40(48-34)52-42(3,4)50-38/h13-18,21-24,33-40,43-44H,5-12,19-20,25-30H2,1-4H3/t33-,34+,35+,36-,37-,38+,39-,40+. The van der Waals surface area contributed by atoms with Gasteiger partial charge in [-0.15, -0.1) is 0 Å². The van der Waals surface area contributed by atoms with Crippen molar-refractivity contribution in [1.29, 1.82) is 0 Å². The molecule has 2 aromatic rings. The van der Waals surface area contributed by atoms with Crippen molar-refractivity contribution in [2.75, 3.05) is 26.2 Å². The van der Waals surface area contributed by atoms with E-state index in [2.05, 4.69) is 34.9 Å². The molecule has 0 saturated carbocycles. The third kappa shape index (κ3) is 11.8. The van der Waals surface area contributed by atoms with Crippen LogP contribution in [0.2, 0.25) is 0 Å². The molecule has 0 bridgehead atoms. The van der Waals surface area contributed by atoms with Crippen LogP contribution in [-0.2, 0) is 51.1 Å². The molecule has 0 spiro atoms. The van der Waals surface area contributed by atoms with Crippen LogP contribution in [0.15, 0.2) is 60.7 Å². The van der Waals surface area contributed by atoms with Crippen LogP contribution in [0.1, 0.15) is 103 Å². The number of ether oxygens (including phenoxy) is 8. The summed E-state index contributed by atoms with van der Waals surface area (Å²) in [7, 11) is 0. The summed E-state index contributed by atoms with van der Waals surface area (Å²) in [5, 5.41) is 7.20. The fraction of sp³-hybridized carbons (Fsp3) is 0.714. The Morgan fingerprint density at radius 2 is 0.865 bits per heavy atom. The Labute approximate surface area is 311 Å². The number of hydrogen-bond acceptors (Lipinski definition) is 10. The highest BCUT2D eigenvalue weighted by Crippen LogP contribution is 2.40. The normalized spacial score (nSPS) is 30.2. The van der Waals surface area contributed by atoms with Crippen LogP contribution < -0.4 is 10.6 Å². The smallest absolute Gasteiger partial charge is 0.190 e. The average Bonchev–Trinajstić information content (AvgIpc) is 3.80. The van der Waals surface area contributed by atoms with Gasteiger partial charge in [-0.05, 0) is 64.8 Å². The highest BCUT2D eigenvalue weighted by atomic mass is 16.9. The molecule has 0 aromatic heterocycles. The fourth-order valence-electron chi connectivity index (χ4n) is 7.76. The summed E-state index contributed by atoms with van der Waals surface area (Å²) < 4.78 is 49.5. The van der Waals surface area contributed by atoms with Crippen molar-refractivity contribution in [1.82, 2.24) is 10.6 Å². The zero-order valence-electron chi connectivity index (χ0n) is 32.0. The summed E-state index contributed by atoms with van der Waals surface area (Å²) >= 11 is 0. The van der Waals surface area contributed by atoms with Gasteiger partial charge < -0.3 is 48.5 Å². The van der Waals surface area contributed by atoms with Crippen LogP contribution in [0.25, 0.3) is 0 Å². The molecule has 4 fully saturated rings. The van der Waals surface area contributed by atoms with Crippen LogP contribution in [-0.4, -0.2) is 87.0 Å². The molecular formula is C42H64N2O8. The first-order valence-corrected chi connectivity index (χ1v) is 20.0. The zero-order chi connectivity index (χ0) is 36.2. The molecule has 4 aliphatic rings. The lowest BCUT2D eigenvalue weighted by Gasteiger charge is -2.26. The number of unbranched alkanes of at least 4 members (excludes halogenated alkanes) is 9. The van der Waals surface area contributed by atoms with E-state index in [-0.39, 0.29) is 49.2 Å². The maximum atomic E-state index is 6.35. The molecule has 0 aliphatic carbocycles. The second-order valence-corrected chi connectivity index (χ2v) is 15.8. The Morgan fingerprint density at radius 1 is 0.500 bits per heavy atom. The molecule has 4 saturated heterocycles. The van der Waals surface area contributed by atoms with Crippen molar-refractivity contribution in [3.05, 3.63) is 71.8 Å². The first kappa shape index (κ1) is 39.7. The third-order valence-corrected chi connectivity index (χ3v) is 10.4. The molecule has 6 rings (SSSR count). The second kappa shape index (κ2) is 19.6. The van der Waals surface area contributed by atoms with Crippen molar-refractivity contribution >= 4 is 0 Å². The summed E-state index contributed by atoms with van der Waals surface area (Å²) in [6.07, 6.45) is 11.0. The fourth-order valence-corrected chi connectivity index (χ4v) is 7.76. The average molecular weight is 725 g/mol.